The van der Waals surface area contributed by atoms with E-state index in [0.29, 0.717) is 21.5 Å². The van der Waals surface area contributed by atoms with Crippen LogP contribution in [0.5, 0.6) is 0 Å². The lowest BCUT2D eigenvalue weighted by Crippen LogP contribution is -2.03. The molecule has 0 bridgehead atoms. The Balaban J connectivity index is 2.02. The van der Waals surface area contributed by atoms with Crippen LogP contribution in [0.1, 0.15) is 10.4 Å². The molecule has 0 radical (unpaired) electrons. The quantitative estimate of drug-likeness (QED) is 0.781. The van der Waals surface area contributed by atoms with Gasteiger partial charge in [0.25, 0.3) is 0 Å². The lowest BCUT2D eigenvalue weighted by atomic mass is 10.2. The van der Waals surface area contributed by atoms with Gasteiger partial charge in [0.05, 0.1) is 17.0 Å². The van der Waals surface area contributed by atoms with Gasteiger partial charge in [0.1, 0.15) is 4.83 Å². The van der Waals surface area contributed by atoms with Gasteiger partial charge in [-0.05, 0) is 31.2 Å². The fraction of sp³-hybridized carbons (Fsp3) is 0.0714. The zero-order valence-corrected chi connectivity index (χ0v) is 11.3. The first-order valence-electron chi connectivity index (χ1n) is 5.84. The maximum atomic E-state index is 11.8. The van der Waals surface area contributed by atoms with Gasteiger partial charge < -0.3 is 9.73 Å². The molecule has 20 heavy (non-hydrogen) atoms. The predicted molar refractivity (Wildman–Crippen MR) is 77.3 cm³/mol. The third-order valence-corrected chi connectivity index (χ3v) is 3.64. The third kappa shape index (κ3) is 2.27. The highest BCUT2D eigenvalue weighted by Crippen LogP contribution is 2.23. The van der Waals surface area contributed by atoms with Crippen LogP contribution in [0.3, 0.4) is 0 Å². The van der Waals surface area contributed by atoms with E-state index >= 15 is 0 Å². The molecule has 0 atom stereocenters. The van der Waals surface area contributed by atoms with Crippen LogP contribution >= 0.6 is 11.3 Å². The van der Waals surface area contributed by atoms with Crippen molar-refractivity contribution in [3.63, 3.8) is 0 Å². The fourth-order valence-electron chi connectivity index (χ4n) is 1.83. The van der Waals surface area contributed by atoms with Gasteiger partial charge in [-0.2, -0.15) is 10.2 Å². The van der Waals surface area contributed by atoms with Crippen molar-refractivity contribution in [2.45, 2.75) is 6.92 Å². The Morgan fingerprint density at radius 1 is 1.40 bits per heavy atom. The van der Waals surface area contributed by atoms with E-state index in [0.717, 1.165) is 4.88 Å². The molecule has 2 heterocycles. The average molecular weight is 283 g/mol. The zero-order valence-electron chi connectivity index (χ0n) is 10.5. The molecular formula is C14H9N3O2S. The minimum Gasteiger partial charge on any atom is -0.388 e. The van der Waals surface area contributed by atoms with Gasteiger partial charge in [-0.1, -0.05) is 6.07 Å². The first kappa shape index (κ1) is 12.4. The average Bonchev–Trinajstić information content (AvgIpc) is 2.80. The molecule has 98 valence electrons. The minimum atomic E-state index is -0.418. The Morgan fingerprint density at radius 3 is 3.05 bits per heavy atom. The molecule has 5 nitrogen and oxygen atoms in total. The predicted octanol–water partition coefficient (Wildman–Crippen LogP) is 3.17. The number of fused-ring (bicyclic) bond motifs is 1. The van der Waals surface area contributed by atoms with Crippen LogP contribution in [0.15, 0.2) is 39.5 Å². The Labute approximate surface area is 118 Å². The molecule has 0 spiro atoms. The van der Waals surface area contributed by atoms with E-state index in [9.17, 15) is 4.79 Å². The summed E-state index contributed by atoms with van der Waals surface area (Å²) >= 11 is 1.44. The number of thiophene rings is 1. The van der Waals surface area contributed by atoms with Crippen molar-refractivity contribution in [2.24, 2.45) is 0 Å². The molecule has 1 N–H and O–H groups in total. The highest BCUT2D eigenvalue weighted by atomic mass is 32.1. The van der Waals surface area contributed by atoms with E-state index in [2.05, 4.69) is 10.3 Å². The second kappa shape index (κ2) is 4.79. The first-order chi connectivity index (χ1) is 9.65. The van der Waals surface area contributed by atoms with Gasteiger partial charge in [0.2, 0.25) is 0 Å². The Hall–Kier alpha value is -2.65. The number of aromatic nitrogens is 1. The van der Waals surface area contributed by atoms with Crippen molar-refractivity contribution in [2.75, 3.05) is 5.32 Å². The molecule has 0 saturated heterocycles. The normalized spacial score (nSPS) is 10.4. The molecule has 0 aliphatic carbocycles. The van der Waals surface area contributed by atoms with Crippen LogP contribution in [-0.2, 0) is 0 Å². The lowest BCUT2D eigenvalue weighted by Gasteiger charge is -2.03. The first-order valence-corrected chi connectivity index (χ1v) is 6.66. The second-order valence-electron chi connectivity index (χ2n) is 4.20. The van der Waals surface area contributed by atoms with E-state index in [4.69, 9.17) is 9.68 Å². The Morgan fingerprint density at radius 2 is 2.25 bits per heavy atom. The lowest BCUT2D eigenvalue weighted by molar-refractivity contribution is 0.522. The highest BCUT2D eigenvalue weighted by molar-refractivity contribution is 7.18. The van der Waals surface area contributed by atoms with Crippen LogP contribution in [0, 0.1) is 18.3 Å². The van der Waals surface area contributed by atoms with Gasteiger partial charge >= 0.3 is 11.6 Å². The van der Waals surface area contributed by atoms with Gasteiger partial charge in [-0.3, -0.25) is 0 Å². The van der Waals surface area contributed by atoms with Crippen molar-refractivity contribution in [1.82, 2.24) is 4.98 Å². The number of benzene rings is 1. The molecule has 3 rings (SSSR count). The molecule has 6 heteroatoms. The van der Waals surface area contributed by atoms with E-state index in [1.165, 1.54) is 11.3 Å². The molecule has 1 aromatic carbocycles. The van der Waals surface area contributed by atoms with E-state index in [1.54, 1.807) is 30.3 Å². The van der Waals surface area contributed by atoms with Crippen molar-refractivity contribution in [3.05, 3.63) is 51.2 Å². The fourth-order valence-corrected chi connectivity index (χ4v) is 2.70. The van der Waals surface area contributed by atoms with Gasteiger partial charge in [-0.15, -0.1) is 11.3 Å². The minimum absolute atomic E-state index is 0.124. The number of anilines is 2. The summed E-state index contributed by atoms with van der Waals surface area (Å²) in [5.74, 6) is 0. The Kier molecular flexibility index (Phi) is 2.97. The molecular weight excluding hydrogens is 274 g/mol. The number of hydrogen-bond acceptors (Lipinski definition) is 6. The van der Waals surface area contributed by atoms with Crippen LogP contribution in [0.2, 0.25) is 0 Å². The molecule has 0 amide bonds. The van der Waals surface area contributed by atoms with Crippen LogP contribution < -0.4 is 10.9 Å². The Bertz CT molecular complexity index is 889. The summed E-state index contributed by atoms with van der Waals surface area (Å²) < 4.78 is 5.13. The smallest absolute Gasteiger partial charge is 0.349 e. The van der Waals surface area contributed by atoms with Crippen LogP contribution in [0.4, 0.5) is 11.7 Å². The van der Waals surface area contributed by atoms with E-state index in [-0.39, 0.29) is 6.01 Å². The SMILES string of the molecule is Cc1cc2c(=O)oc(Nc3cccc(C#N)c3)nc2s1. The van der Waals surface area contributed by atoms with Crippen LogP contribution in [-0.4, -0.2) is 4.98 Å². The van der Waals surface area contributed by atoms with Crippen molar-refractivity contribution in [3.8, 4) is 6.07 Å². The molecule has 0 saturated carbocycles. The van der Waals surface area contributed by atoms with Gasteiger partial charge in [0.15, 0.2) is 0 Å². The molecule has 3 aromatic rings. The van der Waals surface area contributed by atoms with E-state index in [1.807, 2.05) is 13.0 Å². The monoisotopic (exact) mass is 283 g/mol. The molecule has 2 aromatic heterocycles. The summed E-state index contributed by atoms with van der Waals surface area (Å²) in [5, 5.41) is 12.2. The van der Waals surface area contributed by atoms with Gasteiger partial charge in [0, 0.05) is 10.6 Å². The van der Waals surface area contributed by atoms with Crippen molar-refractivity contribution >= 4 is 33.3 Å². The van der Waals surface area contributed by atoms with Crippen molar-refractivity contribution < 1.29 is 4.42 Å². The summed E-state index contributed by atoms with van der Waals surface area (Å²) in [4.78, 5) is 17.7. The molecule has 0 unspecified atom stereocenters. The number of hydrogen-bond donors (Lipinski definition) is 1. The topological polar surface area (TPSA) is 78.9 Å². The number of rotatable bonds is 2. The summed E-state index contributed by atoms with van der Waals surface area (Å²) in [6.45, 7) is 1.91. The largest absolute Gasteiger partial charge is 0.388 e. The third-order valence-electron chi connectivity index (χ3n) is 2.69. The van der Waals surface area contributed by atoms with Gasteiger partial charge in [-0.25, -0.2) is 4.79 Å². The summed E-state index contributed by atoms with van der Waals surface area (Å²) in [7, 11) is 0. The van der Waals surface area contributed by atoms with Crippen LogP contribution in [0.25, 0.3) is 10.2 Å². The summed E-state index contributed by atoms with van der Waals surface area (Å²) in [5.41, 5.74) is 0.746. The zero-order chi connectivity index (χ0) is 14.1. The number of nitrogens with one attached hydrogen (secondary N) is 1. The number of aryl methyl sites for hydroxylation is 1. The number of nitriles is 1. The highest BCUT2D eigenvalue weighted by Gasteiger charge is 2.09. The molecule has 0 fully saturated rings. The number of nitrogens with zero attached hydrogens (tertiary/aromatic N) is 2. The maximum absolute atomic E-state index is 11.8. The molecule has 0 aliphatic heterocycles. The van der Waals surface area contributed by atoms with Crippen molar-refractivity contribution in [1.29, 1.82) is 5.26 Å². The summed E-state index contributed by atoms with van der Waals surface area (Å²) in [6.07, 6.45) is 0. The van der Waals surface area contributed by atoms with E-state index < -0.39 is 5.63 Å². The summed E-state index contributed by atoms with van der Waals surface area (Å²) in [6, 6.07) is 10.8. The second-order valence-corrected chi connectivity index (χ2v) is 5.43. The standard InChI is InChI=1S/C14H9N3O2S/c1-8-5-11-12(20-8)17-14(19-13(11)18)16-10-4-2-3-9(6-10)7-15/h2-6H,1H3,(H,16,17). The maximum Gasteiger partial charge on any atom is 0.349 e. The molecule has 0 aliphatic rings.